The smallest absolute Gasteiger partial charge is 0.320 e. The number of benzene rings is 1. The van der Waals surface area contributed by atoms with Crippen LogP contribution in [0.5, 0.6) is 0 Å². The van der Waals surface area contributed by atoms with Crippen LogP contribution in [-0.4, -0.2) is 27.1 Å². The highest BCUT2D eigenvalue weighted by atomic mass is 16.4. The highest BCUT2D eigenvalue weighted by Gasteiger charge is 2.19. The normalized spacial score (nSPS) is 11.7. The largest absolute Gasteiger partial charge is 0.480 e. The maximum Gasteiger partial charge on any atom is 0.320 e. The number of aromatic amines is 1. The number of H-pyrrole nitrogens is 1. The molecule has 5 heteroatoms. The minimum absolute atomic E-state index is 0.295. The van der Waals surface area contributed by atoms with Crippen LogP contribution in [0.4, 0.5) is 0 Å². The van der Waals surface area contributed by atoms with Crippen molar-refractivity contribution in [3.63, 3.8) is 0 Å². The van der Waals surface area contributed by atoms with Gasteiger partial charge < -0.3 is 15.8 Å². The first-order valence-electron chi connectivity index (χ1n) is 8.07. The molecule has 3 aromatic rings. The molecule has 2 heterocycles. The number of fused-ring (bicyclic) bond motifs is 1. The number of nitrogens with two attached hydrogens (primary N) is 1. The van der Waals surface area contributed by atoms with E-state index in [1.54, 1.807) is 12.4 Å². The van der Waals surface area contributed by atoms with E-state index >= 15 is 0 Å². The molecule has 0 fully saturated rings. The van der Waals surface area contributed by atoms with Gasteiger partial charge in [-0.15, -0.1) is 0 Å². The quantitative estimate of drug-likeness (QED) is 0.684. The Labute approximate surface area is 141 Å². The molecule has 0 aliphatic rings. The Kier molecular flexibility index (Phi) is 5.71. The fraction of sp³-hybridized carbons (Fsp3) is 0.263. The molecule has 0 aliphatic carbocycles. The summed E-state index contributed by atoms with van der Waals surface area (Å²) in [6.07, 6.45) is 3.79. The number of nitrogens with one attached hydrogen (secondary N) is 1. The fourth-order valence-electron chi connectivity index (χ4n) is 2.78. The molecule has 0 bridgehead atoms. The summed E-state index contributed by atoms with van der Waals surface area (Å²) < 4.78 is 0. The summed E-state index contributed by atoms with van der Waals surface area (Å²) in [4.78, 5) is 18.4. The number of hydrogen-bond donors (Lipinski definition) is 3. The molecule has 24 heavy (non-hydrogen) atoms. The number of carboxylic acids is 1. The van der Waals surface area contributed by atoms with E-state index in [9.17, 15) is 4.79 Å². The van der Waals surface area contributed by atoms with Crippen LogP contribution in [-0.2, 0) is 11.2 Å². The van der Waals surface area contributed by atoms with Crippen molar-refractivity contribution in [2.45, 2.75) is 33.2 Å². The van der Waals surface area contributed by atoms with Crippen molar-refractivity contribution in [2.75, 3.05) is 0 Å². The zero-order chi connectivity index (χ0) is 17.7. The van der Waals surface area contributed by atoms with Gasteiger partial charge in [-0.1, -0.05) is 26.0 Å². The van der Waals surface area contributed by atoms with Crippen molar-refractivity contribution in [3.8, 4) is 11.1 Å². The maximum absolute atomic E-state index is 11.1. The Hall–Kier alpha value is -2.66. The summed E-state index contributed by atoms with van der Waals surface area (Å²) in [5, 5.41) is 10.1. The number of hydrogen-bond acceptors (Lipinski definition) is 3. The van der Waals surface area contributed by atoms with E-state index < -0.39 is 12.0 Å². The molecule has 0 aliphatic heterocycles. The number of aliphatic carboxylic acids is 1. The van der Waals surface area contributed by atoms with Gasteiger partial charge in [-0.25, -0.2) is 0 Å². The van der Waals surface area contributed by atoms with Crippen LogP contribution >= 0.6 is 0 Å². The molecule has 0 amide bonds. The lowest BCUT2D eigenvalue weighted by atomic mass is 9.96. The number of pyridine rings is 1. The van der Waals surface area contributed by atoms with Gasteiger partial charge in [0.2, 0.25) is 0 Å². The van der Waals surface area contributed by atoms with Crippen molar-refractivity contribution in [2.24, 2.45) is 5.73 Å². The van der Waals surface area contributed by atoms with Crippen LogP contribution in [0.3, 0.4) is 0 Å². The first kappa shape index (κ1) is 17.7. The van der Waals surface area contributed by atoms with Crippen molar-refractivity contribution < 1.29 is 9.90 Å². The van der Waals surface area contributed by atoms with Crippen molar-refractivity contribution in [1.82, 2.24) is 9.97 Å². The molecule has 5 nitrogen and oxygen atoms in total. The summed E-state index contributed by atoms with van der Waals surface area (Å²) in [5.74, 6) is -0.991. The Balaban J connectivity index is 0.00000100. The highest BCUT2D eigenvalue weighted by molar-refractivity contribution is 5.98. The first-order chi connectivity index (χ1) is 11.6. The molecule has 0 saturated heterocycles. The second-order valence-corrected chi connectivity index (χ2v) is 5.34. The molecule has 1 unspecified atom stereocenters. The van der Waals surface area contributed by atoms with Crippen LogP contribution in [0.1, 0.15) is 25.1 Å². The number of nitrogens with zero attached hydrogens (tertiary/aromatic N) is 1. The summed E-state index contributed by atoms with van der Waals surface area (Å²) in [6.45, 7) is 5.94. The van der Waals surface area contributed by atoms with Crippen LogP contribution in [0.15, 0.2) is 42.7 Å². The molecule has 1 aromatic carbocycles. The number of aryl methyl sites for hydroxylation is 1. The third kappa shape index (κ3) is 3.46. The molecule has 126 valence electrons. The number of aromatic nitrogens is 2. The van der Waals surface area contributed by atoms with Gasteiger partial charge in [0.15, 0.2) is 0 Å². The average Bonchev–Trinajstić information content (AvgIpc) is 2.93. The maximum atomic E-state index is 11.1. The molecule has 1 atom stereocenters. The number of carbonyl (C=O) groups is 1. The molecular weight excluding hydrogens is 302 g/mol. The van der Waals surface area contributed by atoms with Crippen LogP contribution in [0.2, 0.25) is 0 Å². The van der Waals surface area contributed by atoms with E-state index in [1.807, 2.05) is 51.1 Å². The molecule has 3 rings (SSSR count). The summed E-state index contributed by atoms with van der Waals surface area (Å²) in [6, 6.07) is 8.97. The Morgan fingerprint density at radius 3 is 2.54 bits per heavy atom. The monoisotopic (exact) mass is 325 g/mol. The third-order valence-corrected chi connectivity index (χ3v) is 3.87. The van der Waals surface area contributed by atoms with E-state index in [1.165, 1.54) is 0 Å². The van der Waals surface area contributed by atoms with Crippen LogP contribution in [0, 0.1) is 6.92 Å². The standard InChI is InChI=1S/C17H17N3O2.C2H6/c1-10-13(9-14(18)17(21)22)16-12(3-2-4-15(16)20-10)11-5-7-19-8-6-11;1-2/h2-8,14,20H,9,18H2,1H3,(H,21,22);1-2H3. The predicted molar refractivity (Wildman–Crippen MR) is 96.9 cm³/mol. The lowest BCUT2D eigenvalue weighted by molar-refractivity contribution is -0.138. The second-order valence-electron chi connectivity index (χ2n) is 5.34. The Bertz CT molecular complexity index is 825. The summed E-state index contributed by atoms with van der Waals surface area (Å²) in [5.41, 5.74) is 10.7. The highest BCUT2D eigenvalue weighted by Crippen LogP contribution is 2.33. The third-order valence-electron chi connectivity index (χ3n) is 3.87. The van der Waals surface area contributed by atoms with Crippen LogP contribution < -0.4 is 5.73 Å². The van der Waals surface area contributed by atoms with E-state index in [0.717, 1.165) is 33.3 Å². The van der Waals surface area contributed by atoms with Gasteiger partial charge in [-0.3, -0.25) is 9.78 Å². The Morgan fingerprint density at radius 2 is 1.92 bits per heavy atom. The predicted octanol–water partition coefficient (Wildman–Crippen LogP) is 3.52. The van der Waals surface area contributed by atoms with Crippen molar-refractivity contribution >= 4 is 16.9 Å². The number of rotatable bonds is 4. The molecule has 0 radical (unpaired) electrons. The zero-order valence-electron chi connectivity index (χ0n) is 14.2. The lowest BCUT2D eigenvalue weighted by Gasteiger charge is -2.09. The van der Waals surface area contributed by atoms with Crippen LogP contribution in [0.25, 0.3) is 22.0 Å². The molecule has 4 N–H and O–H groups in total. The van der Waals surface area contributed by atoms with Crippen molar-refractivity contribution in [3.05, 3.63) is 54.0 Å². The summed E-state index contributed by atoms with van der Waals surface area (Å²) in [7, 11) is 0. The van der Waals surface area contributed by atoms with E-state index in [-0.39, 0.29) is 0 Å². The Morgan fingerprint density at radius 1 is 1.25 bits per heavy atom. The van der Waals surface area contributed by atoms with Gasteiger partial charge in [0, 0.05) is 35.4 Å². The minimum Gasteiger partial charge on any atom is -0.480 e. The molecular formula is C19H23N3O2. The van der Waals surface area contributed by atoms with Crippen molar-refractivity contribution in [1.29, 1.82) is 0 Å². The van der Waals surface area contributed by atoms with Gasteiger partial charge >= 0.3 is 5.97 Å². The molecule has 0 spiro atoms. The van der Waals surface area contributed by atoms with E-state index in [2.05, 4.69) is 9.97 Å². The molecule has 2 aromatic heterocycles. The first-order valence-corrected chi connectivity index (χ1v) is 8.07. The lowest BCUT2D eigenvalue weighted by Crippen LogP contribution is -2.32. The van der Waals surface area contributed by atoms with E-state index in [0.29, 0.717) is 6.42 Å². The topological polar surface area (TPSA) is 92.0 Å². The second kappa shape index (κ2) is 7.75. The van der Waals surface area contributed by atoms with Gasteiger partial charge in [0.1, 0.15) is 6.04 Å². The number of carboxylic acid groups (broad SMARTS) is 1. The minimum atomic E-state index is -0.991. The zero-order valence-corrected chi connectivity index (χ0v) is 14.2. The molecule has 0 saturated carbocycles. The van der Waals surface area contributed by atoms with E-state index in [4.69, 9.17) is 10.8 Å². The van der Waals surface area contributed by atoms with Gasteiger partial charge in [0.25, 0.3) is 0 Å². The van der Waals surface area contributed by atoms with Gasteiger partial charge in [-0.2, -0.15) is 0 Å². The summed E-state index contributed by atoms with van der Waals surface area (Å²) >= 11 is 0. The van der Waals surface area contributed by atoms with Gasteiger partial charge in [0.05, 0.1) is 0 Å². The van der Waals surface area contributed by atoms with Gasteiger partial charge in [-0.05, 0) is 41.8 Å². The fourth-order valence-corrected chi connectivity index (χ4v) is 2.78. The average molecular weight is 325 g/mol. The SMILES string of the molecule is CC.Cc1[nH]c2cccc(-c3ccncc3)c2c1CC(N)C(=O)O.